The van der Waals surface area contributed by atoms with E-state index in [2.05, 4.69) is 11.3 Å². The van der Waals surface area contributed by atoms with E-state index >= 15 is 0 Å². The summed E-state index contributed by atoms with van der Waals surface area (Å²) in [5.41, 5.74) is 1.54. The summed E-state index contributed by atoms with van der Waals surface area (Å²) in [7, 11) is 0. The SMILES string of the molecule is O=C(CCCCCN1CC[CH]CC1)c1coc2ccccc12. The first-order valence-corrected chi connectivity index (χ1v) is 8.38. The number of carbonyl (C=O) groups excluding carboxylic acids is 1. The number of carbonyl (C=O) groups is 1. The van der Waals surface area contributed by atoms with Gasteiger partial charge in [0.15, 0.2) is 5.78 Å². The first-order chi connectivity index (χ1) is 10.8. The molecule has 0 spiro atoms. The van der Waals surface area contributed by atoms with Crippen LogP contribution in [0.25, 0.3) is 11.0 Å². The van der Waals surface area contributed by atoms with Gasteiger partial charge in [-0.25, -0.2) is 0 Å². The van der Waals surface area contributed by atoms with Crippen LogP contribution in [0.1, 0.15) is 48.9 Å². The van der Waals surface area contributed by atoms with Crippen molar-refractivity contribution < 1.29 is 9.21 Å². The van der Waals surface area contributed by atoms with Crippen LogP contribution in [-0.2, 0) is 0 Å². The third-order valence-electron chi connectivity index (χ3n) is 4.46. The van der Waals surface area contributed by atoms with Gasteiger partial charge >= 0.3 is 0 Å². The predicted molar refractivity (Wildman–Crippen MR) is 89.0 cm³/mol. The van der Waals surface area contributed by atoms with Crippen molar-refractivity contribution in [2.24, 2.45) is 0 Å². The van der Waals surface area contributed by atoms with Crippen LogP contribution in [0, 0.1) is 6.42 Å². The molecule has 0 atom stereocenters. The van der Waals surface area contributed by atoms with Crippen LogP contribution in [0.15, 0.2) is 34.9 Å². The van der Waals surface area contributed by atoms with Gasteiger partial charge in [0.25, 0.3) is 0 Å². The quantitative estimate of drug-likeness (QED) is 0.558. The number of rotatable bonds is 7. The number of nitrogens with zero attached hydrogens (tertiary/aromatic N) is 1. The van der Waals surface area contributed by atoms with Gasteiger partial charge in [-0.05, 0) is 57.8 Å². The Hall–Kier alpha value is -1.61. The number of benzene rings is 1. The standard InChI is InChI=1S/C19H24NO2/c21-18(17-15-22-19-11-5-4-9-16(17)19)10-3-1-6-12-20-13-7-2-8-14-20/h2,4-5,9,11,15H,1,3,6-8,10,12-14H2. The topological polar surface area (TPSA) is 33.5 Å². The van der Waals surface area contributed by atoms with E-state index in [0.717, 1.165) is 29.4 Å². The van der Waals surface area contributed by atoms with Crippen molar-refractivity contribution in [3.8, 4) is 0 Å². The molecule has 0 aliphatic carbocycles. The van der Waals surface area contributed by atoms with E-state index < -0.39 is 0 Å². The molecule has 3 heteroatoms. The molecule has 0 unspecified atom stereocenters. The van der Waals surface area contributed by atoms with Gasteiger partial charge in [-0.3, -0.25) is 4.79 Å². The minimum atomic E-state index is 0.206. The van der Waals surface area contributed by atoms with Gasteiger partial charge in [0.2, 0.25) is 0 Å². The summed E-state index contributed by atoms with van der Waals surface area (Å²) >= 11 is 0. The molecule has 0 N–H and O–H groups in total. The minimum Gasteiger partial charge on any atom is -0.464 e. The molecular formula is C19H24NO2. The van der Waals surface area contributed by atoms with Crippen LogP contribution in [0.3, 0.4) is 0 Å². The molecule has 22 heavy (non-hydrogen) atoms. The molecule has 0 amide bonds. The van der Waals surface area contributed by atoms with Crippen molar-refractivity contribution in [2.75, 3.05) is 19.6 Å². The Bertz CT molecular complexity index is 611. The number of piperidine rings is 1. The maximum Gasteiger partial charge on any atom is 0.166 e. The molecule has 1 aromatic carbocycles. The van der Waals surface area contributed by atoms with E-state index in [9.17, 15) is 4.79 Å². The fraction of sp³-hybridized carbons (Fsp3) is 0.474. The average Bonchev–Trinajstić information content (AvgIpc) is 2.99. The van der Waals surface area contributed by atoms with E-state index in [-0.39, 0.29) is 5.78 Å². The zero-order valence-corrected chi connectivity index (χ0v) is 13.1. The van der Waals surface area contributed by atoms with Crippen LogP contribution in [0.4, 0.5) is 0 Å². The molecule has 1 aliphatic rings. The second-order valence-corrected chi connectivity index (χ2v) is 6.09. The van der Waals surface area contributed by atoms with Crippen LogP contribution < -0.4 is 0 Å². The number of Topliss-reactive ketones (excluding diaryl/α,β-unsaturated/α-hetero) is 1. The van der Waals surface area contributed by atoms with E-state index in [0.29, 0.717) is 6.42 Å². The molecule has 3 rings (SSSR count). The van der Waals surface area contributed by atoms with Gasteiger partial charge in [0.05, 0.1) is 5.56 Å². The maximum atomic E-state index is 12.3. The Labute approximate surface area is 132 Å². The normalized spacial score (nSPS) is 16.2. The fourth-order valence-corrected chi connectivity index (χ4v) is 3.15. The Kier molecular flexibility index (Phi) is 5.28. The minimum absolute atomic E-state index is 0.206. The third-order valence-corrected chi connectivity index (χ3v) is 4.46. The first-order valence-electron chi connectivity index (χ1n) is 8.38. The molecule has 3 nitrogen and oxygen atoms in total. The molecule has 2 aromatic rings. The van der Waals surface area contributed by atoms with Crippen LogP contribution in [0.2, 0.25) is 0 Å². The highest BCUT2D eigenvalue weighted by Gasteiger charge is 2.13. The third kappa shape index (κ3) is 3.77. The number of hydrogen-bond donors (Lipinski definition) is 0. The van der Waals surface area contributed by atoms with Crippen molar-refractivity contribution in [1.29, 1.82) is 0 Å². The van der Waals surface area contributed by atoms with Crippen molar-refractivity contribution in [3.63, 3.8) is 0 Å². The second-order valence-electron chi connectivity index (χ2n) is 6.09. The van der Waals surface area contributed by atoms with Gasteiger partial charge < -0.3 is 9.32 Å². The van der Waals surface area contributed by atoms with Gasteiger partial charge in [-0.2, -0.15) is 0 Å². The lowest BCUT2D eigenvalue weighted by Crippen LogP contribution is -2.30. The molecule has 2 heterocycles. The summed E-state index contributed by atoms with van der Waals surface area (Å²) in [5.74, 6) is 0.206. The lowest BCUT2D eigenvalue weighted by atomic mass is 10.0. The van der Waals surface area contributed by atoms with Crippen molar-refractivity contribution in [3.05, 3.63) is 42.5 Å². The number of ketones is 1. The van der Waals surface area contributed by atoms with Crippen molar-refractivity contribution >= 4 is 16.8 Å². The van der Waals surface area contributed by atoms with E-state index in [1.54, 1.807) is 6.26 Å². The zero-order valence-electron chi connectivity index (χ0n) is 13.1. The van der Waals surface area contributed by atoms with E-state index in [4.69, 9.17) is 4.42 Å². The molecule has 1 aromatic heterocycles. The van der Waals surface area contributed by atoms with Gasteiger partial charge in [-0.15, -0.1) is 0 Å². The fourth-order valence-electron chi connectivity index (χ4n) is 3.15. The molecule has 117 valence electrons. The smallest absolute Gasteiger partial charge is 0.166 e. The Balaban J connectivity index is 1.41. The number of hydrogen-bond acceptors (Lipinski definition) is 3. The maximum absolute atomic E-state index is 12.3. The molecule has 0 saturated carbocycles. The molecular weight excluding hydrogens is 274 g/mol. The zero-order chi connectivity index (χ0) is 15.2. The van der Waals surface area contributed by atoms with E-state index in [1.165, 1.54) is 38.9 Å². The number of likely N-dealkylation sites (tertiary alicyclic amines) is 1. The summed E-state index contributed by atoms with van der Waals surface area (Å²) in [6.07, 6.45) is 10.4. The molecule has 1 saturated heterocycles. The number of unbranched alkanes of at least 4 members (excludes halogenated alkanes) is 2. The number of para-hydroxylation sites is 1. The highest BCUT2D eigenvalue weighted by atomic mass is 16.3. The summed E-state index contributed by atoms with van der Waals surface area (Å²) in [5, 5.41) is 0.942. The Morgan fingerprint density at radius 3 is 2.77 bits per heavy atom. The summed E-state index contributed by atoms with van der Waals surface area (Å²) in [6, 6.07) is 7.74. The average molecular weight is 298 g/mol. The molecule has 1 fully saturated rings. The van der Waals surface area contributed by atoms with Crippen LogP contribution in [-0.4, -0.2) is 30.3 Å². The lowest BCUT2D eigenvalue weighted by molar-refractivity contribution is 0.0979. The number of fused-ring (bicyclic) bond motifs is 1. The number of furan rings is 1. The van der Waals surface area contributed by atoms with Crippen LogP contribution >= 0.6 is 0 Å². The summed E-state index contributed by atoms with van der Waals surface area (Å²) in [6.45, 7) is 3.59. The van der Waals surface area contributed by atoms with Crippen molar-refractivity contribution in [1.82, 2.24) is 4.90 Å². The monoisotopic (exact) mass is 298 g/mol. The molecule has 1 aliphatic heterocycles. The largest absolute Gasteiger partial charge is 0.464 e. The second kappa shape index (κ2) is 7.59. The van der Waals surface area contributed by atoms with Gasteiger partial charge in [0, 0.05) is 11.8 Å². The van der Waals surface area contributed by atoms with E-state index in [1.807, 2.05) is 24.3 Å². The van der Waals surface area contributed by atoms with Crippen LogP contribution in [0.5, 0.6) is 0 Å². The van der Waals surface area contributed by atoms with Gasteiger partial charge in [0.1, 0.15) is 11.8 Å². The highest BCUT2D eigenvalue weighted by molar-refractivity contribution is 6.06. The first kappa shape index (κ1) is 15.3. The Morgan fingerprint density at radius 2 is 1.91 bits per heavy atom. The predicted octanol–water partition coefficient (Wildman–Crippen LogP) is 4.48. The summed E-state index contributed by atoms with van der Waals surface area (Å²) < 4.78 is 5.45. The lowest BCUT2D eigenvalue weighted by Gasteiger charge is -2.26. The highest BCUT2D eigenvalue weighted by Crippen LogP contribution is 2.22. The van der Waals surface area contributed by atoms with Gasteiger partial charge in [-0.1, -0.05) is 24.6 Å². The van der Waals surface area contributed by atoms with Crippen molar-refractivity contribution in [2.45, 2.75) is 38.5 Å². The Morgan fingerprint density at radius 1 is 1.09 bits per heavy atom. The molecule has 1 radical (unpaired) electrons. The molecule has 0 bridgehead atoms. The summed E-state index contributed by atoms with van der Waals surface area (Å²) in [4.78, 5) is 14.8.